The number of aromatic nitrogens is 4. The summed E-state index contributed by atoms with van der Waals surface area (Å²) in [5.74, 6) is 0.264. The van der Waals surface area contributed by atoms with Crippen molar-refractivity contribution >= 4 is 23.2 Å². The number of rotatable bonds is 5. The Balaban J connectivity index is 1.69. The fraction of sp³-hybridized carbons (Fsp3) is 0.182. The Kier molecular flexibility index (Phi) is 6.37. The second-order valence-corrected chi connectivity index (χ2v) is 8.29. The topological polar surface area (TPSA) is 82.9 Å². The normalized spacial score (nSPS) is 11.7. The minimum absolute atomic E-state index is 0.0686. The molecule has 0 saturated heterocycles. The van der Waals surface area contributed by atoms with Crippen LogP contribution in [0.5, 0.6) is 0 Å². The highest BCUT2D eigenvalue weighted by molar-refractivity contribution is 6.30. The SMILES string of the molecule is Cc1cn(Cc2nnc(-c3ccc(Cl)cc3)o2)c(=O)n(Cc2ccc(Cl)cc2C(F)(F)F)c1=O. The van der Waals surface area contributed by atoms with Crippen molar-refractivity contribution < 1.29 is 17.6 Å². The predicted octanol–water partition coefficient (Wildman–Crippen LogP) is 4.79. The van der Waals surface area contributed by atoms with Crippen LogP contribution in [0.3, 0.4) is 0 Å². The molecule has 2 aromatic carbocycles. The molecule has 4 aromatic rings. The Labute approximate surface area is 200 Å². The molecule has 0 radical (unpaired) electrons. The van der Waals surface area contributed by atoms with Crippen LogP contribution in [-0.2, 0) is 19.3 Å². The van der Waals surface area contributed by atoms with Gasteiger partial charge in [0.25, 0.3) is 5.56 Å². The van der Waals surface area contributed by atoms with Gasteiger partial charge in [0.15, 0.2) is 0 Å². The molecule has 0 amide bonds. The van der Waals surface area contributed by atoms with Crippen molar-refractivity contribution in [1.82, 2.24) is 19.3 Å². The molecular formula is C22H15Cl2F3N4O3. The number of alkyl halides is 3. The highest BCUT2D eigenvalue weighted by Gasteiger charge is 2.34. The molecule has 176 valence electrons. The summed E-state index contributed by atoms with van der Waals surface area (Å²) in [6.07, 6.45) is -3.42. The molecule has 12 heteroatoms. The summed E-state index contributed by atoms with van der Waals surface area (Å²) in [6, 6.07) is 9.82. The van der Waals surface area contributed by atoms with Crippen LogP contribution in [0.25, 0.3) is 11.5 Å². The van der Waals surface area contributed by atoms with E-state index in [1.165, 1.54) is 19.2 Å². The number of hydrogen-bond acceptors (Lipinski definition) is 5. The van der Waals surface area contributed by atoms with Gasteiger partial charge in [0.1, 0.15) is 6.54 Å². The van der Waals surface area contributed by atoms with Crippen LogP contribution in [0.2, 0.25) is 10.0 Å². The predicted molar refractivity (Wildman–Crippen MR) is 119 cm³/mol. The van der Waals surface area contributed by atoms with Gasteiger partial charge in [0, 0.05) is 27.4 Å². The molecule has 34 heavy (non-hydrogen) atoms. The lowest BCUT2D eigenvalue weighted by atomic mass is 10.1. The van der Waals surface area contributed by atoms with E-state index in [1.54, 1.807) is 24.3 Å². The summed E-state index contributed by atoms with van der Waals surface area (Å²) in [6.45, 7) is 0.673. The third-order valence-corrected chi connectivity index (χ3v) is 5.47. The number of benzene rings is 2. The zero-order valence-corrected chi connectivity index (χ0v) is 18.9. The van der Waals surface area contributed by atoms with Gasteiger partial charge in [-0.15, -0.1) is 10.2 Å². The lowest BCUT2D eigenvalue weighted by molar-refractivity contribution is -0.138. The van der Waals surface area contributed by atoms with E-state index in [0.717, 1.165) is 21.3 Å². The van der Waals surface area contributed by atoms with E-state index in [9.17, 15) is 22.8 Å². The first-order valence-electron chi connectivity index (χ1n) is 9.78. The molecule has 0 N–H and O–H groups in total. The summed E-state index contributed by atoms with van der Waals surface area (Å²) < 4.78 is 47.9. The summed E-state index contributed by atoms with van der Waals surface area (Å²) in [7, 11) is 0. The molecule has 0 aliphatic heterocycles. The van der Waals surface area contributed by atoms with Crippen molar-refractivity contribution in [2.45, 2.75) is 26.2 Å². The highest BCUT2D eigenvalue weighted by Crippen LogP contribution is 2.34. The molecule has 4 rings (SSSR count). The summed E-state index contributed by atoms with van der Waals surface area (Å²) in [4.78, 5) is 25.6. The number of aryl methyl sites for hydroxylation is 1. The zero-order chi connectivity index (χ0) is 24.6. The van der Waals surface area contributed by atoms with Gasteiger partial charge in [-0.2, -0.15) is 13.2 Å². The van der Waals surface area contributed by atoms with E-state index in [4.69, 9.17) is 27.6 Å². The first-order chi connectivity index (χ1) is 16.0. The second kappa shape index (κ2) is 9.11. The van der Waals surface area contributed by atoms with Crippen molar-refractivity contribution in [3.05, 3.63) is 102 Å². The van der Waals surface area contributed by atoms with Crippen LogP contribution in [0, 0.1) is 6.92 Å². The van der Waals surface area contributed by atoms with Gasteiger partial charge in [-0.1, -0.05) is 29.3 Å². The quantitative estimate of drug-likeness (QED) is 0.385. The smallest absolute Gasteiger partial charge is 0.416 e. The van der Waals surface area contributed by atoms with Gasteiger partial charge in [-0.05, 0) is 48.9 Å². The van der Waals surface area contributed by atoms with Crippen molar-refractivity contribution in [2.24, 2.45) is 0 Å². The van der Waals surface area contributed by atoms with Gasteiger partial charge in [-0.25, -0.2) is 4.79 Å². The Morgan fingerprint density at radius 1 is 0.971 bits per heavy atom. The van der Waals surface area contributed by atoms with Crippen molar-refractivity contribution in [3.63, 3.8) is 0 Å². The van der Waals surface area contributed by atoms with Gasteiger partial charge < -0.3 is 4.42 Å². The molecule has 0 spiro atoms. The van der Waals surface area contributed by atoms with E-state index in [1.807, 2.05) is 0 Å². The van der Waals surface area contributed by atoms with Gasteiger partial charge in [0.2, 0.25) is 11.8 Å². The average Bonchev–Trinajstić information content (AvgIpc) is 3.24. The molecule has 0 aliphatic carbocycles. The van der Waals surface area contributed by atoms with Crippen LogP contribution in [0.15, 0.2) is 62.7 Å². The van der Waals surface area contributed by atoms with Gasteiger partial charge >= 0.3 is 11.9 Å². The average molecular weight is 511 g/mol. The Morgan fingerprint density at radius 3 is 2.32 bits per heavy atom. The van der Waals surface area contributed by atoms with Crippen molar-refractivity contribution in [1.29, 1.82) is 0 Å². The lowest BCUT2D eigenvalue weighted by Crippen LogP contribution is -2.41. The molecular weight excluding hydrogens is 496 g/mol. The Bertz CT molecular complexity index is 1470. The van der Waals surface area contributed by atoms with Gasteiger partial charge in [-0.3, -0.25) is 13.9 Å². The number of halogens is 5. The van der Waals surface area contributed by atoms with Crippen LogP contribution < -0.4 is 11.2 Å². The standard InChI is InChI=1S/C22H15Cl2F3N4O3/c1-12-9-30(11-18-28-29-19(34-18)13-2-5-15(23)6-3-13)21(33)31(20(12)32)10-14-4-7-16(24)8-17(14)22(25,26)27/h2-9H,10-11H2,1H3. The maximum absolute atomic E-state index is 13.5. The Hall–Kier alpha value is -3.37. The largest absolute Gasteiger partial charge is 0.419 e. The van der Waals surface area contributed by atoms with Crippen LogP contribution in [-0.4, -0.2) is 19.3 Å². The second-order valence-electron chi connectivity index (χ2n) is 7.42. The monoisotopic (exact) mass is 510 g/mol. The van der Waals surface area contributed by atoms with E-state index < -0.39 is 29.5 Å². The van der Waals surface area contributed by atoms with E-state index in [-0.39, 0.29) is 34.5 Å². The highest BCUT2D eigenvalue weighted by atomic mass is 35.5. The fourth-order valence-corrected chi connectivity index (χ4v) is 3.64. The Morgan fingerprint density at radius 2 is 1.65 bits per heavy atom. The fourth-order valence-electron chi connectivity index (χ4n) is 3.34. The third-order valence-electron chi connectivity index (χ3n) is 4.98. The first-order valence-corrected chi connectivity index (χ1v) is 10.5. The van der Waals surface area contributed by atoms with Crippen LogP contribution >= 0.6 is 23.2 Å². The maximum atomic E-state index is 13.5. The molecule has 0 bridgehead atoms. The minimum atomic E-state index is -4.71. The molecule has 0 unspecified atom stereocenters. The maximum Gasteiger partial charge on any atom is 0.416 e. The lowest BCUT2D eigenvalue weighted by Gasteiger charge is -2.15. The zero-order valence-electron chi connectivity index (χ0n) is 17.4. The van der Waals surface area contributed by atoms with E-state index in [0.29, 0.717) is 10.6 Å². The van der Waals surface area contributed by atoms with Gasteiger partial charge in [0.05, 0.1) is 12.1 Å². The molecule has 2 heterocycles. The van der Waals surface area contributed by atoms with Crippen LogP contribution in [0.4, 0.5) is 13.2 Å². The molecule has 0 aliphatic rings. The van der Waals surface area contributed by atoms with E-state index in [2.05, 4.69) is 10.2 Å². The van der Waals surface area contributed by atoms with Crippen LogP contribution in [0.1, 0.15) is 22.6 Å². The summed E-state index contributed by atoms with van der Waals surface area (Å²) >= 11 is 11.6. The molecule has 0 saturated carbocycles. The molecule has 2 aromatic heterocycles. The molecule has 0 fully saturated rings. The van der Waals surface area contributed by atoms with Crippen molar-refractivity contribution in [2.75, 3.05) is 0 Å². The summed E-state index contributed by atoms with van der Waals surface area (Å²) in [5.41, 5.74) is -2.07. The first kappa shape index (κ1) is 23.8. The molecule has 7 nitrogen and oxygen atoms in total. The van der Waals surface area contributed by atoms with E-state index >= 15 is 0 Å². The van der Waals surface area contributed by atoms with Crippen molar-refractivity contribution in [3.8, 4) is 11.5 Å². The summed E-state index contributed by atoms with van der Waals surface area (Å²) in [5, 5.41) is 8.27. The third kappa shape index (κ3) is 4.92. The molecule has 0 atom stereocenters. The minimum Gasteiger partial charge on any atom is -0.419 e. The number of nitrogens with zero attached hydrogens (tertiary/aromatic N) is 4. The number of hydrogen-bond donors (Lipinski definition) is 0.